The Bertz CT molecular complexity index is 1180. The molecule has 3 aromatic rings. The van der Waals surface area contributed by atoms with Crippen LogP contribution in [0.5, 0.6) is 0 Å². The Kier molecular flexibility index (Phi) is 4.62. The van der Waals surface area contributed by atoms with Crippen LogP contribution in [0.2, 0.25) is 0 Å². The molecular formula is C22H22FN5O3. The summed E-state index contributed by atoms with van der Waals surface area (Å²) in [6.45, 7) is 4.15. The van der Waals surface area contributed by atoms with Crippen molar-refractivity contribution in [1.82, 2.24) is 20.8 Å². The minimum Gasteiger partial charge on any atom is -0.442 e. The minimum absolute atomic E-state index is 0.00708. The standard InChI is InChI=1S/C22H22FN5O3/c1-12-17(18-19(27-22(2)7-8-22)25-11-26-21(18)30-12)20(29)24-10-15-9-16(31-28-15)13-3-5-14(23)6-4-13/h3-6,9,11,15,28H,7-8,10H2,1-2H3,(H,24,29)(H,25,26,27). The number of amides is 1. The number of nitrogens with zero attached hydrogens (tertiary/aromatic N) is 2. The summed E-state index contributed by atoms with van der Waals surface area (Å²) in [7, 11) is 0. The largest absolute Gasteiger partial charge is 0.442 e. The molecule has 8 nitrogen and oxygen atoms in total. The van der Waals surface area contributed by atoms with E-state index in [-0.39, 0.29) is 23.3 Å². The van der Waals surface area contributed by atoms with Crippen molar-refractivity contribution >= 4 is 28.6 Å². The monoisotopic (exact) mass is 423 g/mol. The van der Waals surface area contributed by atoms with Crippen LogP contribution in [0.15, 0.2) is 41.1 Å². The van der Waals surface area contributed by atoms with E-state index in [0.717, 1.165) is 18.4 Å². The molecule has 160 valence electrons. The fraction of sp³-hybridized carbons (Fsp3) is 0.318. The SMILES string of the molecule is Cc1oc2ncnc(NC3(C)CC3)c2c1C(=O)NCC1C=C(c2ccc(F)cc2)ON1. The molecule has 1 saturated carbocycles. The number of fused-ring (bicyclic) bond motifs is 1. The number of hydrogen-bond acceptors (Lipinski definition) is 7. The van der Waals surface area contributed by atoms with E-state index in [9.17, 15) is 9.18 Å². The molecule has 0 radical (unpaired) electrons. The number of carbonyl (C=O) groups excluding carboxylic acids is 1. The van der Waals surface area contributed by atoms with Crippen molar-refractivity contribution in [3.05, 3.63) is 59.4 Å². The van der Waals surface area contributed by atoms with Gasteiger partial charge in [0.2, 0.25) is 5.71 Å². The van der Waals surface area contributed by atoms with E-state index in [2.05, 4.69) is 33.0 Å². The molecule has 1 aliphatic carbocycles. The van der Waals surface area contributed by atoms with Gasteiger partial charge in [-0.25, -0.2) is 14.4 Å². The van der Waals surface area contributed by atoms with Crippen molar-refractivity contribution in [2.75, 3.05) is 11.9 Å². The van der Waals surface area contributed by atoms with Crippen LogP contribution in [0.4, 0.5) is 10.2 Å². The summed E-state index contributed by atoms with van der Waals surface area (Å²) < 4.78 is 18.8. The number of rotatable bonds is 6. The average molecular weight is 423 g/mol. The van der Waals surface area contributed by atoms with Gasteiger partial charge in [0, 0.05) is 17.6 Å². The predicted octanol–water partition coefficient (Wildman–Crippen LogP) is 3.31. The number of hydroxylamine groups is 1. The highest BCUT2D eigenvalue weighted by Crippen LogP contribution is 2.40. The molecule has 2 aliphatic rings. The summed E-state index contributed by atoms with van der Waals surface area (Å²) in [6.07, 6.45) is 5.38. The van der Waals surface area contributed by atoms with Crippen LogP contribution in [0.25, 0.3) is 16.9 Å². The number of nitrogens with one attached hydrogen (secondary N) is 3. The van der Waals surface area contributed by atoms with Gasteiger partial charge in [-0.2, -0.15) is 0 Å². The Morgan fingerprint density at radius 2 is 2.06 bits per heavy atom. The van der Waals surface area contributed by atoms with Crippen LogP contribution in [0.3, 0.4) is 0 Å². The van der Waals surface area contributed by atoms with Gasteiger partial charge in [0.25, 0.3) is 5.91 Å². The lowest BCUT2D eigenvalue weighted by atomic mass is 10.1. The molecule has 1 unspecified atom stereocenters. The van der Waals surface area contributed by atoms with Crippen molar-refractivity contribution in [2.45, 2.75) is 38.3 Å². The zero-order chi connectivity index (χ0) is 21.6. The van der Waals surface area contributed by atoms with Gasteiger partial charge in [-0.15, -0.1) is 5.48 Å². The molecule has 5 rings (SSSR count). The van der Waals surface area contributed by atoms with Crippen LogP contribution < -0.4 is 16.1 Å². The van der Waals surface area contributed by atoms with Gasteiger partial charge >= 0.3 is 0 Å². The van der Waals surface area contributed by atoms with E-state index in [1.54, 1.807) is 19.1 Å². The number of aryl methyl sites for hydroxylation is 1. The number of hydrogen-bond donors (Lipinski definition) is 3. The van der Waals surface area contributed by atoms with Crippen LogP contribution >= 0.6 is 0 Å². The molecule has 0 saturated heterocycles. The average Bonchev–Trinajstić information content (AvgIpc) is 3.14. The van der Waals surface area contributed by atoms with E-state index in [1.807, 2.05) is 6.08 Å². The Morgan fingerprint density at radius 3 is 2.81 bits per heavy atom. The van der Waals surface area contributed by atoms with Gasteiger partial charge in [0.05, 0.1) is 17.0 Å². The van der Waals surface area contributed by atoms with E-state index >= 15 is 0 Å². The first-order chi connectivity index (χ1) is 14.9. The van der Waals surface area contributed by atoms with Crippen LogP contribution in [0.1, 0.15) is 41.4 Å². The topological polar surface area (TPSA) is 101 Å². The van der Waals surface area contributed by atoms with Crippen molar-refractivity contribution < 1.29 is 18.4 Å². The number of carbonyl (C=O) groups is 1. The van der Waals surface area contributed by atoms with Crippen molar-refractivity contribution in [3.63, 3.8) is 0 Å². The minimum atomic E-state index is -0.310. The maximum absolute atomic E-state index is 13.1. The zero-order valence-electron chi connectivity index (χ0n) is 17.2. The van der Waals surface area contributed by atoms with E-state index in [1.165, 1.54) is 18.5 Å². The third kappa shape index (κ3) is 3.84. The molecule has 1 aromatic carbocycles. The van der Waals surface area contributed by atoms with Gasteiger partial charge in [-0.3, -0.25) is 4.79 Å². The lowest BCUT2D eigenvalue weighted by Gasteiger charge is -2.13. The molecule has 0 spiro atoms. The third-order valence-electron chi connectivity index (χ3n) is 5.60. The second kappa shape index (κ2) is 7.35. The molecule has 3 N–H and O–H groups in total. The fourth-order valence-electron chi connectivity index (χ4n) is 3.56. The molecule has 1 aliphatic heterocycles. The molecule has 1 amide bonds. The molecular weight excluding hydrogens is 401 g/mol. The summed E-state index contributed by atoms with van der Waals surface area (Å²) >= 11 is 0. The Balaban J connectivity index is 1.33. The summed E-state index contributed by atoms with van der Waals surface area (Å²) in [5.74, 6) is 1.08. The van der Waals surface area contributed by atoms with Gasteiger partial charge in [0.1, 0.15) is 23.7 Å². The van der Waals surface area contributed by atoms with E-state index < -0.39 is 0 Å². The smallest absolute Gasteiger partial charge is 0.255 e. The highest BCUT2D eigenvalue weighted by Gasteiger charge is 2.38. The lowest BCUT2D eigenvalue weighted by molar-refractivity contribution is 0.0941. The summed E-state index contributed by atoms with van der Waals surface area (Å²) in [5, 5.41) is 6.91. The first-order valence-corrected chi connectivity index (χ1v) is 10.1. The Hall–Kier alpha value is -3.46. The Morgan fingerprint density at radius 1 is 1.29 bits per heavy atom. The van der Waals surface area contributed by atoms with Crippen molar-refractivity contribution in [2.24, 2.45) is 0 Å². The van der Waals surface area contributed by atoms with Gasteiger partial charge in [0.15, 0.2) is 5.76 Å². The van der Waals surface area contributed by atoms with Crippen LogP contribution in [-0.2, 0) is 4.84 Å². The first kappa shape index (κ1) is 19.5. The normalized spacial score (nSPS) is 19.1. The fourth-order valence-corrected chi connectivity index (χ4v) is 3.56. The van der Waals surface area contributed by atoms with Crippen molar-refractivity contribution in [3.8, 4) is 0 Å². The van der Waals surface area contributed by atoms with Crippen LogP contribution in [0, 0.1) is 12.7 Å². The number of benzene rings is 1. The molecule has 0 bridgehead atoms. The first-order valence-electron chi connectivity index (χ1n) is 10.1. The molecule has 3 heterocycles. The van der Waals surface area contributed by atoms with Gasteiger partial charge in [-0.1, -0.05) is 0 Å². The summed E-state index contributed by atoms with van der Waals surface area (Å²) in [4.78, 5) is 27.0. The maximum Gasteiger partial charge on any atom is 0.255 e. The number of furan rings is 1. The number of aromatic nitrogens is 2. The maximum atomic E-state index is 13.1. The summed E-state index contributed by atoms with van der Waals surface area (Å²) in [5.41, 5.74) is 4.41. The molecule has 2 aromatic heterocycles. The second-order valence-corrected chi connectivity index (χ2v) is 8.20. The van der Waals surface area contributed by atoms with E-state index in [4.69, 9.17) is 9.25 Å². The number of halogens is 1. The lowest BCUT2D eigenvalue weighted by Crippen LogP contribution is -2.37. The zero-order valence-corrected chi connectivity index (χ0v) is 17.2. The Labute approximate surface area is 177 Å². The molecule has 9 heteroatoms. The highest BCUT2D eigenvalue weighted by molar-refractivity contribution is 6.10. The molecule has 31 heavy (non-hydrogen) atoms. The third-order valence-corrected chi connectivity index (χ3v) is 5.60. The quantitative estimate of drug-likeness (QED) is 0.559. The van der Waals surface area contributed by atoms with Gasteiger partial charge in [-0.05, 0) is 57.0 Å². The number of anilines is 1. The van der Waals surface area contributed by atoms with Crippen molar-refractivity contribution in [1.29, 1.82) is 0 Å². The summed E-state index contributed by atoms with van der Waals surface area (Å²) in [6, 6.07) is 5.79. The highest BCUT2D eigenvalue weighted by atomic mass is 19.1. The molecule has 1 atom stereocenters. The van der Waals surface area contributed by atoms with Gasteiger partial charge < -0.3 is 19.9 Å². The predicted molar refractivity (Wildman–Crippen MR) is 113 cm³/mol. The second-order valence-electron chi connectivity index (χ2n) is 8.20. The molecule has 1 fully saturated rings. The van der Waals surface area contributed by atoms with Crippen LogP contribution in [-0.4, -0.2) is 34.0 Å². The van der Waals surface area contributed by atoms with E-state index in [0.29, 0.717) is 40.5 Å².